The van der Waals surface area contributed by atoms with Crippen molar-refractivity contribution in [1.29, 1.82) is 0 Å². The molecule has 1 aliphatic carbocycles. The molecule has 2 atom stereocenters. The van der Waals surface area contributed by atoms with Gasteiger partial charge in [0.15, 0.2) is 0 Å². The van der Waals surface area contributed by atoms with Crippen LogP contribution in [0.1, 0.15) is 48.5 Å². The zero-order valence-corrected chi connectivity index (χ0v) is 14.9. The lowest BCUT2D eigenvalue weighted by atomic mass is 10.1. The molecule has 134 valence electrons. The molecule has 2 unspecified atom stereocenters. The van der Waals surface area contributed by atoms with Crippen LogP contribution in [0.5, 0.6) is 0 Å². The molecular weight excluding hydrogens is 316 g/mol. The summed E-state index contributed by atoms with van der Waals surface area (Å²) < 4.78 is 1.73. The number of hydrogen-bond acceptors (Lipinski definition) is 3. The number of hydrogen-bond donors (Lipinski definition) is 2. The molecule has 2 N–H and O–H groups in total. The minimum absolute atomic E-state index is 0.0730. The summed E-state index contributed by atoms with van der Waals surface area (Å²) in [4.78, 5) is 14.8. The van der Waals surface area contributed by atoms with Gasteiger partial charge in [0.1, 0.15) is 0 Å². The summed E-state index contributed by atoms with van der Waals surface area (Å²) >= 11 is 0. The van der Waals surface area contributed by atoms with Crippen LogP contribution in [0, 0.1) is 0 Å². The molecular formula is C19H26N4O2. The fourth-order valence-corrected chi connectivity index (χ4v) is 3.51. The predicted octanol–water partition coefficient (Wildman–Crippen LogP) is 2.56. The van der Waals surface area contributed by atoms with Gasteiger partial charge in [-0.25, -0.2) is 4.79 Å². The molecule has 2 aromatic rings. The van der Waals surface area contributed by atoms with E-state index in [4.69, 9.17) is 0 Å². The van der Waals surface area contributed by atoms with Gasteiger partial charge in [-0.15, -0.1) is 0 Å². The van der Waals surface area contributed by atoms with E-state index in [1.165, 1.54) is 11.1 Å². The maximum atomic E-state index is 12.9. The van der Waals surface area contributed by atoms with Crippen LogP contribution in [0.2, 0.25) is 0 Å². The highest BCUT2D eigenvalue weighted by Gasteiger charge is 2.31. The highest BCUT2D eigenvalue weighted by molar-refractivity contribution is 5.75. The number of aryl methyl sites for hydroxylation is 2. The third-order valence-corrected chi connectivity index (χ3v) is 4.86. The fraction of sp³-hybridized carbons (Fsp3) is 0.474. The second-order valence-electron chi connectivity index (χ2n) is 6.64. The van der Waals surface area contributed by atoms with Crippen LogP contribution in [0.15, 0.2) is 36.7 Å². The molecule has 1 aromatic heterocycles. The van der Waals surface area contributed by atoms with Crippen molar-refractivity contribution in [2.24, 2.45) is 7.05 Å². The summed E-state index contributed by atoms with van der Waals surface area (Å²) in [6.45, 7) is 2.58. The van der Waals surface area contributed by atoms with Gasteiger partial charge >= 0.3 is 6.03 Å². The lowest BCUT2D eigenvalue weighted by Crippen LogP contribution is -2.43. The normalized spacial score (nSPS) is 17.2. The zero-order chi connectivity index (χ0) is 17.8. The van der Waals surface area contributed by atoms with Gasteiger partial charge in [0.25, 0.3) is 0 Å². The van der Waals surface area contributed by atoms with Crippen molar-refractivity contribution in [2.75, 3.05) is 13.2 Å². The number of urea groups is 1. The molecule has 0 saturated heterocycles. The van der Waals surface area contributed by atoms with Crippen LogP contribution in [0.4, 0.5) is 4.79 Å². The third-order valence-electron chi connectivity index (χ3n) is 4.86. The number of carbonyl (C=O) groups excluding carboxylic acids is 1. The second-order valence-corrected chi connectivity index (χ2v) is 6.64. The van der Waals surface area contributed by atoms with Gasteiger partial charge < -0.3 is 15.3 Å². The Bertz CT molecular complexity index is 728. The summed E-state index contributed by atoms with van der Waals surface area (Å²) in [5.74, 6) is 0. The number of aliphatic hydroxyl groups is 1. The van der Waals surface area contributed by atoms with Crippen LogP contribution in [0.3, 0.4) is 0 Å². The Morgan fingerprint density at radius 1 is 1.48 bits per heavy atom. The minimum Gasteiger partial charge on any atom is -0.396 e. The van der Waals surface area contributed by atoms with Crippen molar-refractivity contribution in [1.82, 2.24) is 20.0 Å². The van der Waals surface area contributed by atoms with Gasteiger partial charge in [0, 0.05) is 32.0 Å². The number of fused-ring (bicyclic) bond motifs is 1. The van der Waals surface area contributed by atoms with Crippen LogP contribution in [-0.2, 0) is 13.5 Å². The topological polar surface area (TPSA) is 70.4 Å². The van der Waals surface area contributed by atoms with Gasteiger partial charge in [0.05, 0.1) is 18.3 Å². The Balaban J connectivity index is 1.75. The molecule has 6 nitrogen and oxygen atoms in total. The lowest BCUT2D eigenvalue weighted by Gasteiger charge is -2.31. The van der Waals surface area contributed by atoms with Crippen LogP contribution >= 0.6 is 0 Å². The van der Waals surface area contributed by atoms with Gasteiger partial charge in [0.2, 0.25) is 0 Å². The highest BCUT2D eigenvalue weighted by atomic mass is 16.3. The van der Waals surface area contributed by atoms with Crippen molar-refractivity contribution in [3.05, 3.63) is 53.3 Å². The largest absolute Gasteiger partial charge is 0.396 e. The molecule has 0 spiro atoms. The molecule has 1 aromatic carbocycles. The fourth-order valence-electron chi connectivity index (χ4n) is 3.51. The molecule has 25 heavy (non-hydrogen) atoms. The molecule has 3 rings (SSSR count). The summed E-state index contributed by atoms with van der Waals surface area (Å²) in [6.07, 6.45) is 6.18. The summed E-state index contributed by atoms with van der Waals surface area (Å²) in [7, 11) is 1.86. The van der Waals surface area contributed by atoms with E-state index in [2.05, 4.69) is 22.5 Å². The quantitative estimate of drug-likeness (QED) is 0.847. The summed E-state index contributed by atoms with van der Waals surface area (Å²) in [5.41, 5.74) is 3.52. The number of nitrogens with one attached hydrogen (secondary N) is 1. The Labute approximate surface area is 148 Å². The molecule has 2 amide bonds. The Morgan fingerprint density at radius 2 is 2.28 bits per heavy atom. The Kier molecular flexibility index (Phi) is 5.38. The van der Waals surface area contributed by atoms with Gasteiger partial charge in [-0.3, -0.25) is 4.68 Å². The van der Waals surface area contributed by atoms with E-state index in [1.807, 2.05) is 37.2 Å². The first-order chi connectivity index (χ1) is 12.1. The van der Waals surface area contributed by atoms with Crippen molar-refractivity contribution in [2.45, 2.75) is 38.3 Å². The monoisotopic (exact) mass is 342 g/mol. The van der Waals surface area contributed by atoms with Gasteiger partial charge in [-0.2, -0.15) is 5.10 Å². The van der Waals surface area contributed by atoms with Crippen molar-refractivity contribution in [3.8, 4) is 0 Å². The van der Waals surface area contributed by atoms with E-state index in [0.717, 1.165) is 18.4 Å². The first-order valence-corrected chi connectivity index (χ1v) is 8.84. The average molecular weight is 342 g/mol. The predicted molar refractivity (Wildman–Crippen MR) is 96.1 cm³/mol. The van der Waals surface area contributed by atoms with Crippen LogP contribution in [-0.4, -0.2) is 39.0 Å². The smallest absolute Gasteiger partial charge is 0.318 e. The van der Waals surface area contributed by atoms with Crippen LogP contribution in [0.25, 0.3) is 0 Å². The number of benzene rings is 1. The number of nitrogens with zero attached hydrogens (tertiary/aromatic N) is 3. The van der Waals surface area contributed by atoms with Gasteiger partial charge in [-0.05, 0) is 37.3 Å². The SMILES string of the molecule is CC(NC(=O)N(CCCO)C1CCc2ccccc21)c1cnn(C)c1. The number of aliphatic hydroxyl groups excluding tert-OH is 1. The van der Waals surface area contributed by atoms with Crippen LogP contribution < -0.4 is 5.32 Å². The lowest BCUT2D eigenvalue weighted by molar-refractivity contribution is 0.162. The maximum absolute atomic E-state index is 12.9. The van der Waals surface area contributed by atoms with Crippen molar-refractivity contribution >= 4 is 6.03 Å². The first kappa shape index (κ1) is 17.5. The second kappa shape index (κ2) is 7.70. The number of aromatic nitrogens is 2. The molecule has 0 bridgehead atoms. The molecule has 0 fully saturated rings. The third kappa shape index (κ3) is 3.85. The molecule has 0 saturated carbocycles. The van der Waals surface area contributed by atoms with E-state index >= 15 is 0 Å². The first-order valence-electron chi connectivity index (χ1n) is 8.84. The highest BCUT2D eigenvalue weighted by Crippen LogP contribution is 2.35. The van der Waals surface area contributed by atoms with E-state index in [0.29, 0.717) is 13.0 Å². The number of amides is 2. The average Bonchev–Trinajstić information content (AvgIpc) is 3.22. The molecule has 0 aliphatic heterocycles. The Morgan fingerprint density at radius 3 is 3.00 bits per heavy atom. The maximum Gasteiger partial charge on any atom is 0.318 e. The number of rotatable bonds is 6. The summed E-state index contributed by atoms with van der Waals surface area (Å²) in [6, 6.07) is 8.18. The molecule has 6 heteroatoms. The van der Waals surface area contributed by atoms with Gasteiger partial charge in [-0.1, -0.05) is 24.3 Å². The summed E-state index contributed by atoms with van der Waals surface area (Å²) in [5, 5.41) is 16.5. The molecule has 1 heterocycles. The molecule has 0 radical (unpaired) electrons. The molecule has 1 aliphatic rings. The van der Waals surface area contributed by atoms with E-state index in [-0.39, 0.29) is 24.7 Å². The van der Waals surface area contributed by atoms with Crippen molar-refractivity contribution in [3.63, 3.8) is 0 Å². The Hall–Kier alpha value is -2.34. The zero-order valence-electron chi connectivity index (χ0n) is 14.9. The van der Waals surface area contributed by atoms with E-state index in [9.17, 15) is 9.90 Å². The minimum atomic E-state index is -0.116. The van der Waals surface area contributed by atoms with E-state index < -0.39 is 0 Å². The number of carbonyl (C=O) groups is 1. The standard InChI is InChI=1S/C19H26N4O2/c1-14(16-12-20-22(2)13-16)21-19(25)23(10-5-11-24)18-9-8-15-6-3-4-7-17(15)18/h3-4,6-7,12-14,18,24H,5,8-11H2,1-2H3,(H,21,25). The van der Waals surface area contributed by atoms with E-state index in [1.54, 1.807) is 10.9 Å². The van der Waals surface area contributed by atoms with Crippen molar-refractivity contribution < 1.29 is 9.90 Å².